The Kier molecular flexibility index (Phi) is 78.0. The number of hydrogen-bond donors (Lipinski definition) is 2. The third-order valence-electron chi connectivity index (χ3n) is 12.5. The summed E-state index contributed by atoms with van der Waals surface area (Å²) in [5.41, 5.74) is 0. The van der Waals surface area contributed by atoms with Gasteiger partial charge in [-0.3, -0.25) is 14.4 Å². The zero-order valence-electron chi connectivity index (χ0n) is 43.9. The molecule has 386 valence electrons. The molecule has 65 heavy (non-hydrogen) atoms. The van der Waals surface area contributed by atoms with Crippen LogP contribution in [0.4, 0.5) is 0 Å². The van der Waals surface area contributed by atoms with Crippen LogP contribution in [-0.4, -0.2) is 63.1 Å². The summed E-state index contributed by atoms with van der Waals surface area (Å²) in [7, 11) is 0. The van der Waals surface area contributed by atoms with Crippen LogP contribution >= 0.6 is 15.9 Å². The summed E-state index contributed by atoms with van der Waals surface area (Å²) in [6.07, 6.45) is 58.0. The molecule has 1 aliphatic heterocycles. The van der Waals surface area contributed by atoms with E-state index in [1.807, 2.05) is 0 Å². The first-order valence-corrected chi connectivity index (χ1v) is 28.8. The van der Waals surface area contributed by atoms with Gasteiger partial charge in [-0.05, 0) is 38.0 Å². The van der Waals surface area contributed by atoms with Crippen molar-refractivity contribution in [2.45, 2.75) is 317 Å². The molecule has 0 saturated carbocycles. The van der Waals surface area contributed by atoms with E-state index in [0.717, 1.165) is 49.8 Å². The third-order valence-corrected chi connectivity index (χ3v) is 13.1. The molecule has 1 atom stereocenters. The standard InChI is InChI=1S/C20H40O2.C16H31BrO2.C16H30O2.C4H9.BrH.Mg/c1-3-19(2)17-15-13-11-9-7-5-4-6-8-10-12-14-16-18-20(21)22;17-15-13-11-9-7-5-3-1-2-4-6-8-10-12-14-16(18)19;17-16-14-12-10-8-6-4-2-1-3-5-7-9-11-13-15-18-16;1-3-4-2;;/h19H,3-18H2,1-2H3,(H,21,22);1-15H2,(H,18,19);1-15H2;3H,4H2,1-2H3;1H;/q;;;-1;;+2/p-1. The number of alkyl halides is 1. The van der Waals surface area contributed by atoms with Gasteiger partial charge in [-0.25, -0.2) is 0 Å². The maximum Gasteiger partial charge on any atom is 2.00 e. The van der Waals surface area contributed by atoms with Crippen molar-refractivity contribution in [1.29, 1.82) is 0 Å². The average molecular weight is 1060 g/mol. The molecule has 0 aliphatic carbocycles. The normalized spacial score (nSPS) is 14.2. The van der Waals surface area contributed by atoms with Crippen LogP contribution in [0.2, 0.25) is 0 Å². The summed E-state index contributed by atoms with van der Waals surface area (Å²) >= 11 is 3.46. The molecule has 0 aromatic carbocycles. The van der Waals surface area contributed by atoms with Gasteiger partial charge >= 0.3 is 41.0 Å². The predicted molar refractivity (Wildman–Crippen MR) is 284 cm³/mol. The first kappa shape index (κ1) is 74.1. The van der Waals surface area contributed by atoms with Crippen molar-refractivity contribution in [2.75, 3.05) is 11.9 Å². The molecule has 0 bridgehead atoms. The Labute approximate surface area is 441 Å². The van der Waals surface area contributed by atoms with Crippen LogP contribution in [0.25, 0.3) is 0 Å². The van der Waals surface area contributed by atoms with Crippen LogP contribution in [0.5, 0.6) is 0 Å². The summed E-state index contributed by atoms with van der Waals surface area (Å²) in [6, 6.07) is 0. The number of cyclic esters (lactones) is 1. The molecule has 1 aliphatic rings. The largest absolute Gasteiger partial charge is 2.00 e. The Bertz CT molecular complexity index is 873. The molecule has 9 heteroatoms. The van der Waals surface area contributed by atoms with E-state index < -0.39 is 11.9 Å². The number of carboxylic acid groups (broad SMARTS) is 2. The smallest absolute Gasteiger partial charge is 1.00 e. The fourth-order valence-corrected chi connectivity index (χ4v) is 8.20. The van der Waals surface area contributed by atoms with E-state index in [2.05, 4.69) is 50.0 Å². The summed E-state index contributed by atoms with van der Waals surface area (Å²) < 4.78 is 5.23. The van der Waals surface area contributed by atoms with Crippen LogP contribution in [0, 0.1) is 12.3 Å². The number of carboxylic acids is 2. The molecule has 6 nitrogen and oxygen atoms in total. The molecular weight excluding hydrogens is 953 g/mol. The number of carbonyl (C=O) groups excluding carboxylic acids is 1. The van der Waals surface area contributed by atoms with E-state index in [-0.39, 0.29) is 46.0 Å². The Morgan fingerprint density at radius 1 is 0.523 bits per heavy atom. The second-order valence-electron chi connectivity index (χ2n) is 18.9. The number of ether oxygens (including phenoxy) is 1. The van der Waals surface area contributed by atoms with Crippen molar-refractivity contribution in [3.05, 3.63) is 6.42 Å². The number of esters is 1. The predicted octanol–water partition coefficient (Wildman–Crippen LogP) is 16.1. The molecule has 0 amide bonds. The van der Waals surface area contributed by atoms with Crippen molar-refractivity contribution in [2.24, 2.45) is 5.92 Å². The third kappa shape index (κ3) is 78.6. The number of carbonyl (C=O) groups is 3. The van der Waals surface area contributed by atoms with Gasteiger partial charge in [0.1, 0.15) is 0 Å². The first-order valence-electron chi connectivity index (χ1n) is 27.7. The van der Waals surface area contributed by atoms with Crippen molar-refractivity contribution in [3.63, 3.8) is 0 Å². The van der Waals surface area contributed by atoms with Gasteiger partial charge in [-0.2, -0.15) is 13.3 Å². The van der Waals surface area contributed by atoms with Crippen molar-refractivity contribution in [1.82, 2.24) is 0 Å². The average Bonchev–Trinajstić information content (AvgIpc) is 3.28. The minimum Gasteiger partial charge on any atom is -1.00 e. The Morgan fingerprint density at radius 3 is 1.09 bits per heavy atom. The van der Waals surface area contributed by atoms with E-state index in [4.69, 9.17) is 14.9 Å². The van der Waals surface area contributed by atoms with E-state index in [1.54, 1.807) is 0 Å². The number of rotatable bonds is 33. The van der Waals surface area contributed by atoms with Crippen LogP contribution < -0.4 is 17.0 Å². The van der Waals surface area contributed by atoms with E-state index in [0.29, 0.717) is 25.9 Å². The van der Waals surface area contributed by atoms with Gasteiger partial charge in [-0.1, -0.05) is 268 Å². The maximum absolute atomic E-state index is 11.4. The fraction of sp³-hybridized carbons (Fsp3) is 0.929. The maximum atomic E-state index is 11.4. The SMILES string of the molecule is CCC(C)CCCCCCCCCCCCCCCC(=O)O.C[CH-]CC.O=C(O)CCCCCCCCCCCCCCCBr.O=C1CCCCCCCCCCCCCCCO1.[Br-].[Mg+2]. The summed E-state index contributed by atoms with van der Waals surface area (Å²) in [5.74, 6) is -0.376. The number of aliphatic carboxylic acids is 2. The molecule has 1 rings (SSSR count). The number of unbranched alkanes of at least 4 members (excludes halogenated alkanes) is 25. The van der Waals surface area contributed by atoms with E-state index in [9.17, 15) is 14.4 Å². The van der Waals surface area contributed by atoms with E-state index >= 15 is 0 Å². The van der Waals surface area contributed by atoms with Crippen molar-refractivity contribution < 1.29 is 46.3 Å². The molecular formula is C56H110Br2MgO6. The molecule has 1 saturated heterocycles. The topological polar surface area (TPSA) is 101 Å². The molecule has 0 spiro atoms. The van der Waals surface area contributed by atoms with Gasteiger partial charge in [0.05, 0.1) is 6.61 Å². The van der Waals surface area contributed by atoms with Crippen molar-refractivity contribution >= 4 is 56.9 Å². The molecule has 1 fully saturated rings. The van der Waals surface area contributed by atoms with Gasteiger partial charge in [-0.15, -0.1) is 0 Å². The van der Waals surface area contributed by atoms with Crippen LogP contribution in [0.1, 0.15) is 317 Å². The summed E-state index contributed by atoms with van der Waals surface area (Å²) in [5, 5.41) is 18.2. The summed E-state index contributed by atoms with van der Waals surface area (Å²) in [4.78, 5) is 32.1. The van der Waals surface area contributed by atoms with Gasteiger partial charge in [0.2, 0.25) is 0 Å². The van der Waals surface area contributed by atoms with Gasteiger partial charge in [0.25, 0.3) is 0 Å². The molecule has 1 heterocycles. The minimum absolute atomic E-state index is 0. The Morgan fingerprint density at radius 2 is 0.800 bits per heavy atom. The molecule has 2 N–H and O–H groups in total. The number of hydrogen-bond acceptors (Lipinski definition) is 4. The monoisotopic (exact) mass is 1060 g/mol. The first-order chi connectivity index (χ1) is 30.7. The zero-order chi connectivity index (χ0) is 47.0. The second kappa shape index (κ2) is 68.4. The van der Waals surface area contributed by atoms with Gasteiger partial charge in [0, 0.05) is 24.6 Å². The molecule has 0 radical (unpaired) electrons. The second-order valence-corrected chi connectivity index (χ2v) is 19.6. The molecule has 0 aromatic rings. The zero-order valence-corrected chi connectivity index (χ0v) is 48.5. The van der Waals surface area contributed by atoms with Crippen LogP contribution in [0.15, 0.2) is 0 Å². The van der Waals surface area contributed by atoms with E-state index in [1.165, 1.54) is 231 Å². The molecule has 0 aromatic heterocycles. The van der Waals surface area contributed by atoms with Gasteiger partial charge in [0.15, 0.2) is 0 Å². The minimum atomic E-state index is -0.656. The number of halogens is 2. The van der Waals surface area contributed by atoms with Gasteiger partial charge < -0.3 is 38.4 Å². The molecule has 1 unspecified atom stereocenters. The quantitative estimate of drug-likeness (QED) is 0.0223. The fourth-order valence-electron chi connectivity index (χ4n) is 7.81. The van der Waals surface area contributed by atoms with Crippen LogP contribution in [0.3, 0.4) is 0 Å². The Hall–Kier alpha value is 0.136. The van der Waals surface area contributed by atoms with Crippen LogP contribution in [-0.2, 0) is 19.1 Å². The summed E-state index contributed by atoms with van der Waals surface area (Å²) in [6.45, 7) is 9.48. The van der Waals surface area contributed by atoms with Crippen molar-refractivity contribution in [3.8, 4) is 0 Å². The Balaban J connectivity index is -0.000000262.